The summed E-state index contributed by atoms with van der Waals surface area (Å²) in [7, 11) is 0. The van der Waals surface area contributed by atoms with Crippen molar-refractivity contribution in [1.29, 1.82) is 0 Å². The molecular weight excluding hydrogens is 343 g/mol. The molecule has 0 spiro atoms. The van der Waals surface area contributed by atoms with Crippen molar-refractivity contribution in [3.8, 4) is 11.6 Å². The fraction of sp³-hybridized carbons (Fsp3) is 0.0455. The molecule has 27 heavy (non-hydrogen) atoms. The van der Waals surface area contributed by atoms with Gasteiger partial charge in [-0.3, -0.25) is 4.99 Å². The van der Waals surface area contributed by atoms with Crippen LogP contribution in [-0.2, 0) is 6.61 Å². The smallest absolute Gasteiger partial charge is 0.198 e. The van der Waals surface area contributed by atoms with Gasteiger partial charge in [0.25, 0.3) is 0 Å². The highest BCUT2D eigenvalue weighted by molar-refractivity contribution is 6.02. The van der Waals surface area contributed by atoms with Crippen molar-refractivity contribution < 1.29 is 14.2 Å². The fourth-order valence-electron chi connectivity index (χ4n) is 2.81. The summed E-state index contributed by atoms with van der Waals surface area (Å²) >= 11 is 0. The Morgan fingerprint density at radius 3 is 2.56 bits per heavy atom. The highest BCUT2D eigenvalue weighted by Gasteiger charge is 2.09. The van der Waals surface area contributed by atoms with E-state index in [0.29, 0.717) is 28.8 Å². The molecule has 4 rings (SSSR count). The van der Waals surface area contributed by atoms with Gasteiger partial charge < -0.3 is 14.8 Å². The van der Waals surface area contributed by atoms with Crippen molar-refractivity contribution in [1.82, 2.24) is 4.98 Å². The molecule has 4 nitrogen and oxygen atoms in total. The number of rotatable bonds is 5. The Morgan fingerprint density at radius 1 is 1.00 bits per heavy atom. The Bertz CT molecular complexity index is 1090. The minimum Gasteiger partial charge on any atom is -0.494 e. The summed E-state index contributed by atoms with van der Waals surface area (Å²) in [4.78, 5) is 7.18. The third-order valence-corrected chi connectivity index (χ3v) is 4.21. The standard InChI is InChI=1S/C22H17FN2O2/c23-16-6-11-21-19(12-16)20(22(26)25-21)13-24-17-7-9-18(10-8-17)27-14-15-4-2-1-3-5-15/h1-13,25-26H,14H2. The van der Waals surface area contributed by atoms with Gasteiger partial charge in [0.2, 0.25) is 0 Å². The molecule has 0 bridgehead atoms. The van der Waals surface area contributed by atoms with Crippen molar-refractivity contribution in [2.45, 2.75) is 6.61 Å². The molecule has 2 N–H and O–H groups in total. The second kappa shape index (κ2) is 7.33. The Hall–Kier alpha value is -3.60. The number of ether oxygens (including phenoxy) is 1. The van der Waals surface area contributed by atoms with Crippen LogP contribution in [-0.4, -0.2) is 16.3 Å². The molecule has 0 atom stereocenters. The lowest BCUT2D eigenvalue weighted by molar-refractivity contribution is 0.306. The molecule has 0 aliphatic heterocycles. The summed E-state index contributed by atoms with van der Waals surface area (Å²) < 4.78 is 19.2. The molecule has 0 amide bonds. The third-order valence-electron chi connectivity index (χ3n) is 4.21. The maximum atomic E-state index is 13.5. The Kier molecular flexibility index (Phi) is 4.58. The van der Waals surface area contributed by atoms with Gasteiger partial charge in [-0.05, 0) is 48.0 Å². The van der Waals surface area contributed by atoms with E-state index in [-0.39, 0.29) is 11.7 Å². The minimum atomic E-state index is -0.365. The van der Waals surface area contributed by atoms with Crippen molar-refractivity contribution >= 4 is 22.8 Å². The molecule has 0 saturated heterocycles. The van der Waals surface area contributed by atoms with Crippen LogP contribution in [0.3, 0.4) is 0 Å². The number of halogens is 1. The van der Waals surface area contributed by atoms with Crippen molar-refractivity contribution in [3.63, 3.8) is 0 Å². The normalized spacial score (nSPS) is 11.3. The van der Waals surface area contributed by atoms with Crippen molar-refractivity contribution in [2.24, 2.45) is 4.99 Å². The molecule has 0 unspecified atom stereocenters. The largest absolute Gasteiger partial charge is 0.494 e. The first-order chi connectivity index (χ1) is 13.2. The molecule has 3 aromatic carbocycles. The van der Waals surface area contributed by atoms with Crippen LogP contribution in [0.5, 0.6) is 11.6 Å². The van der Waals surface area contributed by atoms with E-state index in [9.17, 15) is 9.50 Å². The summed E-state index contributed by atoms with van der Waals surface area (Å²) in [5, 5.41) is 10.6. The van der Waals surface area contributed by atoms with E-state index in [0.717, 1.165) is 11.3 Å². The summed E-state index contributed by atoms with van der Waals surface area (Å²) in [6, 6.07) is 21.5. The Morgan fingerprint density at radius 2 is 1.78 bits per heavy atom. The van der Waals surface area contributed by atoms with E-state index >= 15 is 0 Å². The van der Waals surface area contributed by atoms with Crippen LogP contribution in [0.2, 0.25) is 0 Å². The molecule has 0 radical (unpaired) electrons. The van der Waals surface area contributed by atoms with Crippen LogP contribution in [0, 0.1) is 5.82 Å². The number of aromatic nitrogens is 1. The zero-order valence-corrected chi connectivity index (χ0v) is 14.4. The van der Waals surface area contributed by atoms with E-state index in [1.165, 1.54) is 18.3 Å². The quantitative estimate of drug-likeness (QED) is 0.472. The second-order valence-corrected chi connectivity index (χ2v) is 6.10. The highest BCUT2D eigenvalue weighted by atomic mass is 19.1. The molecule has 134 valence electrons. The van der Waals surface area contributed by atoms with Gasteiger partial charge in [0.1, 0.15) is 18.2 Å². The van der Waals surface area contributed by atoms with Crippen LogP contribution in [0.15, 0.2) is 77.8 Å². The van der Waals surface area contributed by atoms with Crippen molar-refractivity contribution in [2.75, 3.05) is 0 Å². The predicted molar refractivity (Wildman–Crippen MR) is 104 cm³/mol. The monoisotopic (exact) mass is 360 g/mol. The van der Waals surface area contributed by atoms with Gasteiger partial charge in [-0.15, -0.1) is 0 Å². The van der Waals surface area contributed by atoms with Gasteiger partial charge in [-0.2, -0.15) is 0 Å². The third kappa shape index (κ3) is 3.82. The number of hydrogen-bond acceptors (Lipinski definition) is 3. The number of benzene rings is 3. The van der Waals surface area contributed by atoms with Gasteiger partial charge in [0.15, 0.2) is 5.88 Å². The number of aromatic amines is 1. The van der Waals surface area contributed by atoms with E-state index in [2.05, 4.69) is 9.98 Å². The molecule has 0 saturated carbocycles. The maximum absolute atomic E-state index is 13.5. The average Bonchev–Trinajstić information content (AvgIpc) is 3.01. The predicted octanol–water partition coefficient (Wildman–Crippen LogP) is 5.34. The zero-order chi connectivity index (χ0) is 18.6. The summed E-state index contributed by atoms with van der Waals surface area (Å²) in [6.07, 6.45) is 1.52. The van der Waals surface area contributed by atoms with Gasteiger partial charge in [-0.1, -0.05) is 30.3 Å². The maximum Gasteiger partial charge on any atom is 0.198 e. The van der Waals surface area contributed by atoms with E-state index < -0.39 is 0 Å². The summed E-state index contributed by atoms with van der Waals surface area (Å²) in [5.74, 6) is 0.341. The number of fused-ring (bicyclic) bond motifs is 1. The minimum absolute atomic E-state index is 0.0397. The zero-order valence-electron chi connectivity index (χ0n) is 14.4. The highest BCUT2D eigenvalue weighted by Crippen LogP contribution is 2.27. The van der Waals surface area contributed by atoms with Crippen molar-refractivity contribution in [3.05, 3.63) is 89.7 Å². The second-order valence-electron chi connectivity index (χ2n) is 6.10. The molecule has 1 heterocycles. The first-order valence-corrected chi connectivity index (χ1v) is 8.50. The van der Waals surface area contributed by atoms with Crippen LogP contribution in [0.25, 0.3) is 10.9 Å². The van der Waals surface area contributed by atoms with Gasteiger partial charge in [0, 0.05) is 17.1 Å². The molecule has 0 aliphatic rings. The lowest BCUT2D eigenvalue weighted by atomic mass is 10.2. The Labute approximate surface area is 155 Å². The topological polar surface area (TPSA) is 57.6 Å². The molecule has 1 aromatic heterocycles. The van der Waals surface area contributed by atoms with Crippen LogP contribution < -0.4 is 4.74 Å². The number of aliphatic imine (C=N–C) groups is 1. The Balaban J connectivity index is 1.48. The number of H-pyrrole nitrogens is 1. The number of hydrogen-bond donors (Lipinski definition) is 2. The van der Waals surface area contributed by atoms with E-state index in [1.54, 1.807) is 6.07 Å². The first kappa shape index (κ1) is 16.8. The van der Waals surface area contributed by atoms with Gasteiger partial charge in [0.05, 0.1) is 11.3 Å². The number of nitrogens with zero attached hydrogens (tertiary/aromatic N) is 1. The first-order valence-electron chi connectivity index (χ1n) is 8.50. The molecule has 4 aromatic rings. The van der Waals surface area contributed by atoms with E-state index in [4.69, 9.17) is 4.74 Å². The van der Waals surface area contributed by atoms with Gasteiger partial charge >= 0.3 is 0 Å². The summed E-state index contributed by atoms with van der Waals surface area (Å²) in [5.41, 5.74) is 2.91. The lowest BCUT2D eigenvalue weighted by Gasteiger charge is -2.06. The fourth-order valence-corrected chi connectivity index (χ4v) is 2.81. The van der Waals surface area contributed by atoms with Crippen LogP contribution in [0.1, 0.15) is 11.1 Å². The van der Waals surface area contributed by atoms with Crippen LogP contribution >= 0.6 is 0 Å². The molecule has 5 heteroatoms. The molecule has 0 fully saturated rings. The molecular formula is C22H17FN2O2. The summed E-state index contributed by atoms with van der Waals surface area (Å²) in [6.45, 7) is 0.498. The average molecular weight is 360 g/mol. The lowest BCUT2D eigenvalue weighted by Crippen LogP contribution is -1.94. The van der Waals surface area contributed by atoms with Crippen LogP contribution in [0.4, 0.5) is 10.1 Å². The van der Waals surface area contributed by atoms with Gasteiger partial charge in [-0.25, -0.2) is 4.39 Å². The molecule has 0 aliphatic carbocycles. The van der Waals surface area contributed by atoms with E-state index in [1.807, 2.05) is 54.6 Å². The SMILES string of the molecule is Oc1[nH]c2ccc(F)cc2c1C=Nc1ccc(OCc2ccccc2)cc1. The number of aromatic hydroxyl groups is 1. The number of nitrogens with one attached hydrogen (secondary N) is 1.